The van der Waals surface area contributed by atoms with Crippen LogP contribution in [0.2, 0.25) is 0 Å². The van der Waals surface area contributed by atoms with Crippen molar-refractivity contribution in [2.24, 2.45) is 5.92 Å². The van der Waals surface area contributed by atoms with Crippen LogP contribution in [0.4, 0.5) is 13.2 Å². The van der Waals surface area contributed by atoms with Crippen molar-refractivity contribution in [2.75, 3.05) is 13.2 Å². The Hall–Kier alpha value is -2.24. The molecule has 0 radical (unpaired) electrons. The molecule has 1 fully saturated rings. The van der Waals surface area contributed by atoms with Gasteiger partial charge >= 0.3 is 12.1 Å². The summed E-state index contributed by atoms with van der Waals surface area (Å²) in [7, 11) is -4.45. The van der Waals surface area contributed by atoms with E-state index < -0.39 is 75.8 Å². The lowest BCUT2D eigenvalue weighted by atomic mass is 9.98. The molecular weight excluding hydrogens is 670 g/mol. The first kappa shape index (κ1) is 32.3. The predicted octanol–water partition coefficient (Wildman–Crippen LogP) is 3.89. The molecule has 2 N–H and O–H groups in total. The fourth-order valence-electron chi connectivity index (χ4n) is 3.68. The zero-order valence-corrected chi connectivity index (χ0v) is 24.5. The third-order valence-corrected chi connectivity index (χ3v) is 7.90. The molecule has 1 heterocycles. The van der Waals surface area contributed by atoms with Gasteiger partial charge in [-0.2, -0.15) is 13.2 Å². The van der Waals surface area contributed by atoms with Gasteiger partial charge in [0.2, 0.25) is 16.3 Å². The standard InChI is InChI=1S/C26H29F3INO8S/c1-4-12-36-22-21(32)20(14-31-40(34,35)19-7-5-6-16(13-19)26(27,28)29)38-25(23(22)39-24(33)15(2)3)37-18-10-8-17(30)9-11-18/h4-11,13,15,20-23,25,31-32H,1,12,14H2,2-3H3/t20-,21+,22+,23-,25-/m1/s1. The lowest BCUT2D eigenvalue weighted by Gasteiger charge is -2.43. The molecule has 0 aliphatic carbocycles. The normalized spacial score (nSPS) is 23.6. The molecule has 0 amide bonds. The second-order valence-corrected chi connectivity index (χ2v) is 12.1. The van der Waals surface area contributed by atoms with Crippen molar-refractivity contribution in [3.8, 4) is 5.75 Å². The first-order valence-electron chi connectivity index (χ1n) is 12.1. The van der Waals surface area contributed by atoms with Crippen molar-refractivity contribution in [1.29, 1.82) is 0 Å². The summed E-state index contributed by atoms with van der Waals surface area (Å²) in [5, 5.41) is 11.1. The first-order chi connectivity index (χ1) is 18.7. The monoisotopic (exact) mass is 699 g/mol. The molecule has 0 bridgehead atoms. The van der Waals surface area contributed by atoms with E-state index in [0.717, 1.165) is 21.8 Å². The second kappa shape index (κ2) is 13.6. The predicted molar refractivity (Wildman–Crippen MR) is 146 cm³/mol. The van der Waals surface area contributed by atoms with Crippen LogP contribution in [0.25, 0.3) is 0 Å². The van der Waals surface area contributed by atoms with Gasteiger partial charge in [-0.15, -0.1) is 6.58 Å². The van der Waals surface area contributed by atoms with E-state index in [9.17, 15) is 31.5 Å². The van der Waals surface area contributed by atoms with Gasteiger partial charge in [0.15, 0.2) is 6.10 Å². The maximum Gasteiger partial charge on any atom is 0.416 e. The number of alkyl halides is 3. The van der Waals surface area contributed by atoms with Crippen LogP contribution >= 0.6 is 22.6 Å². The number of hydrogen-bond donors (Lipinski definition) is 2. The molecule has 2 aromatic rings. The van der Waals surface area contributed by atoms with Crippen molar-refractivity contribution in [3.05, 3.63) is 70.3 Å². The van der Waals surface area contributed by atoms with Crippen LogP contribution in [-0.4, -0.2) is 63.4 Å². The van der Waals surface area contributed by atoms with E-state index in [2.05, 4.69) is 33.9 Å². The molecule has 0 saturated carbocycles. The van der Waals surface area contributed by atoms with E-state index in [1.165, 1.54) is 6.08 Å². The van der Waals surface area contributed by atoms with Gasteiger partial charge in [-0.05, 0) is 65.1 Å². The highest BCUT2D eigenvalue weighted by atomic mass is 127. The summed E-state index contributed by atoms with van der Waals surface area (Å²) in [6, 6.07) is 10.0. The number of nitrogens with one attached hydrogen (secondary N) is 1. The van der Waals surface area contributed by atoms with Gasteiger partial charge in [0, 0.05) is 10.1 Å². The minimum Gasteiger partial charge on any atom is -0.461 e. The van der Waals surface area contributed by atoms with Crippen molar-refractivity contribution < 1.29 is 50.4 Å². The Balaban J connectivity index is 1.89. The number of rotatable bonds is 11. The van der Waals surface area contributed by atoms with E-state index in [0.29, 0.717) is 11.8 Å². The summed E-state index contributed by atoms with van der Waals surface area (Å²) in [4.78, 5) is 11.9. The Morgan fingerprint density at radius 2 is 1.88 bits per heavy atom. The Labute approximate surface area is 243 Å². The van der Waals surface area contributed by atoms with Gasteiger partial charge in [-0.3, -0.25) is 4.79 Å². The molecule has 1 aliphatic rings. The summed E-state index contributed by atoms with van der Waals surface area (Å²) in [6.07, 6.45) is -10.0. The summed E-state index contributed by atoms with van der Waals surface area (Å²) >= 11 is 2.10. The van der Waals surface area contributed by atoms with Gasteiger partial charge in [0.25, 0.3) is 0 Å². The highest BCUT2D eigenvalue weighted by Gasteiger charge is 2.50. The van der Waals surface area contributed by atoms with E-state index in [1.54, 1.807) is 38.1 Å². The molecule has 9 nitrogen and oxygen atoms in total. The Morgan fingerprint density at radius 1 is 1.20 bits per heavy atom. The topological polar surface area (TPSA) is 120 Å². The average Bonchev–Trinajstić information content (AvgIpc) is 2.89. The summed E-state index contributed by atoms with van der Waals surface area (Å²) in [6.45, 7) is 6.18. The number of carbonyl (C=O) groups is 1. The smallest absolute Gasteiger partial charge is 0.416 e. The minimum absolute atomic E-state index is 0.0591. The summed E-state index contributed by atoms with van der Waals surface area (Å²) in [5.41, 5.74) is -1.14. The van der Waals surface area contributed by atoms with Crippen molar-refractivity contribution in [1.82, 2.24) is 4.72 Å². The minimum atomic E-state index is -4.74. The molecule has 5 atom stereocenters. The third kappa shape index (κ3) is 8.39. The number of aliphatic hydroxyl groups excluding tert-OH is 1. The van der Waals surface area contributed by atoms with E-state index in [-0.39, 0.29) is 6.61 Å². The lowest BCUT2D eigenvalue weighted by molar-refractivity contribution is -0.283. The fourth-order valence-corrected chi connectivity index (χ4v) is 5.13. The molecule has 3 rings (SSSR count). The zero-order chi connectivity index (χ0) is 29.7. The number of sulfonamides is 1. The number of aliphatic hydroxyl groups is 1. The van der Waals surface area contributed by atoms with Crippen LogP contribution < -0.4 is 9.46 Å². The van der Waals surface area contributed by atoms with Gasteiger partial charge in [-0.25, -0.2) is 13.1 Å². The van der Waals surface area contributed by atoms with Gasteiger partial charge < -0.3 is 24.1 Å². The molecule has 14 heteroatoms. The highest BCUT2D eigenvalue weighted by molar-refractivity contribution is 14.1. The molecular formula is C26H29F3INO8S. The van der Waals surface area contributed by atoms with E-state index in [4.69, 9.17) is 18.9 Å². The average molecular weight is 699 g/mol. The fraction of sp³-hybridized carbons (Fsp3) is 0.423. The SMILES string of the molecule is C=CCO[C@H]1[C@@H](O)[C@@H](CNS(=O)(=O)c2cccc(C(F)(F)F)c2)O[C@@H](Oc2ccc(I)cc2)[C@@H]1OC(=O)C(C)C. The molecule has 2 aromatic carbocycles. The molecule has 0 aromatic heterocycles. The molecule has 0 spiro atoms. The molecule has 40 heavy (non-hydrogen) atoms. The first-order valence-corrected chi connectivity index (χ1v) is 14.6. The molecule has 0 unspecified atom stereocenters. The number of benzene rings is 2. The van der Waals surface area contributed by atoms with Gasteiger partial charge in [0.1, 0.15) is 24.1 Å². The van der Waals surface area contributed by atoms with Gasteiger partial charge in [-0.1, -0.05) is 26.0 Å². The summed E-state index contributed by atoms with van der Waals surface area (Å²) < 4.78 is 91.2. The van der Waals surface area contributed by atoms with Crippen LogP contribution in [0, 0.1) is 9.49 Å². The number of esters is 1. The number of hydrogen-bond acceptors (Lipinski definition) is 8. The van der Waals surface area contributed by atoms with E-state index >= 15 is 0 Å². The Morgan fingerprint density at radius 3 is 2.48 bits per heavy atom. The summed E-state index contributed by atoms with van der Waals surface area (Å²) in [5.74, 6) is -0.820. The number of halogens is 4. The van der Waals surface area contributed by atoms with E-state index in [1.807, 2.05) is 0 Å². The second-order valence-electron chi connectivity index (χ2n) is 9.13. The molecule has 220 valence electrons. The Bertz CT molecular complexity index is 1270. The molecule has 1 saturated heterocycles. The van der Waals surface area contributed by atoms with Crippen LogP contribution in [0.3, 0.4) is 0 Å². The van der Waals surface area contributed by atoms with Crippen molar-refractivity contribution in [2.45, 2.75) is 55.6 Å². The number of ether oxygens (including phenoxy) is 4. The van der Waals surface area contributed by atoms with Crippen LogP contribution in [-0.2, 0) is 35.2 Å². The third-order valence-electron chi connectivity index (χ3n) is 5.76. The molecule has 1 aliphatic heterocycles. The van der Waals surface area contributed by atoms with Gasteiger partial charge in [0.05, 0.1) is 23.0 Å². The Kier molecular flexibility index (Phi) is 11.0. The number of carbonyl (C=O) groups excluding carboxylic acids is 1. The van der Waals surface area contributed by atoms with Crippen molar-refractivity contribution >= 4 is 38.6 Å². The quantitative estimate of drug-likeness (QED) is 0.206. The maximum absolute atomic E-state index is 13.1. The van der Waals surface area contributed by atoms with Crippen molar-refractivity contribution in [3.63, 3.8) is 0 Å². The van der Waals surface area contributed by atoms with Crippen LogP contribution in [0.5, 0.6) is 5.75 Å². The largest absolute Gasteiger partial charge is 0.461 e. The highest BCUT2D eigenvalue weighted by Crippen LogP contribution is 2.31. The van der Waals surface area contributed by atoms with Crippen LogP contribution in [0.1, 0.15) is 19.4 Å². The van der Waals surface area contributed by atoms with Crippen LogP contribution in [0.15, 0.2) is 66.1 Å². The lowest BCUT2D eigenvalue weighted by Crippen LogP contribution is -2.63. The maximum atomic E-state index is 13.1. The zero-order valence-electron chi connectivity index (χ0n) is 21.5.